The molecule has 112 valence electrons. The number of rotatable bonds is 4. The smallest absolute Gasteiger partial charge is 0.311 e. The number of amides is 1. The van der Waals surface area contributed by atoms with Crippen LogP contribution in [0.2, 0.25) is 0 Å². The summed E-state index contributed by atoms with van der Waals surface area (Å²) in [5, 5.41) is 13.7. The molecule has 2 N–H and O–H groups in total. The van der Waals surface area contributed by atoms with Gasteiger partial charge in [-0.1, -0.05) is 0 Å². The van der Waals surface area contributed by atoms with Gasteiger partial charge in [0.2, 0.25) is 5.91 Å². The van der Waals surface area contributed by atoms with Crippen LogP contribution in [0.15, 0.2) is 11.6 Å². The number of fused-ring (bicyclic) bond motifs is 1. The fourth-order valence-electron chi connectivity index (χ4n) is 2.43. The van der Waals surface area contributed by atoms with E-state index in [-0.39, 0.29) is 25.5 Å². The highest BCUT2D eigenvalue weighted by Gasteiger charge is 2.35. The molecule has 2 aromatic rings. The van der Waals surface area contributed by atoms with E-state index in [9.17, 15) is 9.59 Å². The second-order valence-corrected chi connectivity index (χ2v) is 5.93. The van der Waals surface area contributed by atoms with Crippen LogP contribution in [0.5, 0.6) is 0 Å². The van der Waals surface area contributed by atoms with E-state index in [1.807, 2.05) is 22.9 Å². The monoisotopic (exact) mass is 309 g/mol. The quantitative estimate of drug-likeness (QED) is 0.856. The van der Waals surface area contributed by atoms with E-state index in [1.165, 1.54) is 11.3 Å². The third-order valence-electron chi connectivity index (χ3n) is 3.49. The molecule has 1 aliphatic rings. The number of imidazole rings is 1. The van der Waals surface area contributed by atoms with E-state index < -0.39 is 17.9 Å². The van der Waals surface area contributed by atoms with Crippen molar-refractivity contribution >= 4 is 28.2 Å². The molecule has 2 atom stereocenters. The van der Waals surface area contributed by atoms with Gasteiger partial charge in [-0.25, -0.2) is 4.98 Å². The molecule has 1 amide bonds. The van der Waals surface area contributed by atoms with Crippen molar-refractivity contribution in [2.24, 2.45) is 5.92 Å². The maximum Gasteiger partial charge on any atom is 0.311 e. The van der Waals surface area contributed by atoms with Gasteiger partial charge in [-0.05, 0) is 6.92 Å². The van der Waals surface area contributed by atoms with Crippen molar-refractivity contribution in [2.75, 3.05) is 13.2 Å². The zero-order chi connectivity index (χ0) is 15.0. The maximum atomic E-state index is 12.1. The lowest BCUT2D eigenvalue weighted by atomic mass is 10.0. The minimum atomic E-state index is -0.944. The number of nitrogens with one attached hydrogen (secondary N) is 1. The second-order valence-electron chi connectivity index (χ2n) is 5.09. The Hall–Kier alpha value is -1.93. The molecule has 0 spiro atoms. The van der Waals surface area contributed by atoms with Crippen LogP contribution < -0.4 is 5.32 Å². The molecule has 2 unspecified atom stereocenters. The molecule has 7 nitrogen and oxygen atoms in total. The molecule has 3 rings (SSSR count). The highest BCUT2D eigenvalue weighted by atomic mass is 32.1. The third kappa shape index (κ3) is 2.77. The first-order valence-electron chi connectivity index (χ1n) is 6.56. The minimum absolute atomic E-state index is 0.143. The third-order valence-corrected chi connectivity index (χ3v) is 4.38. The van der Waals surface area contributed by atoms with Gasteiger partial charge in [0.15, 0.2) is 4.96 Å². The summed E-state index contributed by atoms with van der Waals surface area (Å²) in [4.78, 5) is 28.3. The van der Waals surface area contributed by atoms with E-state index in [0.29, 0.717) is 0 Å². The summed E-state index contributed by atoms with van der Waals surface area (Å²) in [6, 6.07) is -0.464. The number of hydrogen-bond donors (Lipinski definition) is 2. The Morgan fingerprint density at radius 1 is 1.57 bits per heavy atom. The molecule has 0 radical (unpaired) electrons. The molecule has 3 heterocycles. The summed E-state index contributed by atoms with van der Waals surface area (Å²) in [7, 11) is 0. The van der Waals surface area contributed by atoms with Gasteiger partial charge in [0.05, 0.1) is 31.4 Å². The van der Waals surface area contributed by atoms with E-state index in [1.54, 1.807) is 0 Å². The van der Waals surface area contributed by atoms with Crippen molar-refractivity contribution in [3.05, 3.63) is 23.0 Å². The van der Waals surface area contributed by atoms with Crippen LogP contribution in [0.1, 0.15) is 11.4 Å². The van der Waals surface area contributed by atoms with Crippen LogP contribution in [-0.4, -0.2) is 45.6 Å². The van der Waals surface area contributed by atoms with Crippen molar-refractivity contribution in [3.63, 3.8) is 0 Å². The molecular formula is C13H15N3O4S. The summed E-state index contributed by atoms with van der Waals surface area (Å²) in [6.45, 7) is 2.28. The Balaban J connectivity index is 1.67. The van der Waals surface area contributed by atoms with Crippen LogP contribution in [0, 0.1) is 12.8 Å². The average molecular weight is 309 g/mol. The second kappa shape index (κ2) is 5.45. The summed E-state index contributed by atoms with van der Waals surface area (Å²) in [6.07, 6.45) is 2.08. The maximum absolute atomic E-state index is 12.1. The Morgan fingerprint density at radius 2 is 2.38 bits per heavy atom. The summed E-state index contributed by atoms with van der Waals surface area (Å²) >= 11 is 1.48. The zero-order valence-corrected chi connectivity index (χ0v) is 12.2. The Bertz CT molecular complexity index is 693. The van der Waals surface area contributed by atoms with Crippen molar-refractivity contribution < 1.29 is 19.4 Å². The van der Waals surface area contributed by atoms with Crippen LogP contribution in [-0.2, 0) is 20.7 Å². The Labute approximate surface area is 124 Å². The first-order valence-corrected chi connectivity index (χ1v) is 7.44. The number of carboxylic acids is 1. The van der Waals surface area contributed by atoms with Gasteiger partial charge in [0.1, 0.15) is 5.92 Å². The summed E-state index contributed by atoms with van der Waals surface area (Å²) < 4.78 is 7.02. The number of carbonyl (C=O) groups excluding carboxylic acids is 1. The number of nitrogens with zero attached hydrogens (tertiary/aromatic N) is 2. The van der Waals surface area contributed by atoms with Crippen molar-refractivity contribution in [1.29, 1.82) is 0 Å². The number of thiazole rings is 1. The number of carbonyl (C=O) groups is 2. The number of carboxylic acid groups (broad SMARTS) is 1. The highest BCUT2D eigenvalue weighted by molar-refractivity contribution is 7.15. The number of aliphatic carboxylic acids is 1. The normalized spacial score (nSPS) is 21.8. The lowest BCUT2D eigenvalue weighted by molar-refractivity contribution is -0.142. The molecular weight excluding hydrogens is 294 g/mol. The van der Waals surface area contributed by atoms with Crippen LogP contribution in [0.4, 0.5) is 0 Å². The first kappa shape index (κ1) is 14.0. The fourth-order valence-corrected chi connectivity index (χ4v) is 3.35. The van der Waals surface area contributed by atoms with Gasteiger partial charge in [0, 0.05) is 17.3 Å². The molecule has 0 bridgehead atoms. The topological polar surface area (TPSA) is 92.9 Å². The molecule has 1 aliphatic heterocycles. The number of hydrogen-bond acceptors (Lipinski definition) is 5. The number of aromatic nitrogens is 2. The van der Waals surface area contributed by atoms with Crippen LogP contribution >= 0.6 is 11.3 Å². The zero-order valence-electron chi connectivity index (χ0n) is 11.4. The summed E-state index contributed by atoms with van der Waals surface area (Å²) in [5.41, 5.74) is 1.75. The molecule has 1 fully saturated rings. The molecule has 1 saturated heterocycles. The van der Waals surface area contributed by atoms with E-state index >= 15 is 0 Å². The lowest BCUT2D eigenvalue weighted by Crippen LogP contribution is -2.43. The first-order chi connectivity index (χ1) is 10.0. The molecule has 21 heavy (non-hydrogen) atoms. The van der Waals surface area contributed by atoms with Crippen LogP contribution in [0.25, 0.3) is 4.96 Å². The van der Waals surface area contributed by atoms with Crippen LogP contribution in [0.3, 0.4) is 0 Å². The standard InChI is InChI=1S/C13H15N3O4S/c1-7-3-16-8(6-21-13(16)14-7)2-11(17)15-10-5-20-4-9(10)12(18)19/h3,6,9-10H,2,4-5H2,1H3,(H,15,17)(H,18,19). The number of ether oxygens (including phenoxy) is 1. The van der Waals surface area contributed by atoms with Crippen molar-refractivity contribution in [2.45, 2.75) is 19.4 Å². The van der Waals surface area contributed by atoms with Gasteiger partial charge < -0.3 is 15.2 Å². The predicted molar refractivity (Wildman–Crippen MR) is 75.4 cm³/mol. The van der Waals surface area contributed by atoms with Crippen molar-refractivity contribution in [1.82, 2.24) is 14.7 Å². The molecule has 0 saturated carbocycles. The fraction of sp³-hybridized carbons (Fsp3) is 0.462. The SMILES string of the molecule is Cc1cn2c(CC(=O)NC3COCC3C(=O)O)csc2n1. The lowest BCUT2D eigenvalue weighted by Gasteiger charge is -2.15. The van der Waals surface area contributed by atoms with Gasteiger partial charge in [-0.3, -0.25) is 14.0 Å². The number of aryl methyl sites for hydroxylation is 1. The average Bonchev–Trinajstić information content (AvgIpc) is 3.07. The molecule has 0 aliphatic carbocycles. The minimum Gasteiger partial charge on any atom is -0.481 e. The largest absolute Gasteiger partial charge is 0.481 e. The van der Waals surface area contributed by atoms with Gasteiger partial charge in [-0.15, -0.1) is 11.3 Å². The Morgan fingerprint density at radius 3 is 3.14 bits per heavy atom. The molecule has 0 aromatic carbocycles. The van der Waals surface area contributed by atoms with E-state index in [4.69, 9.17) is 9.84 Å². The summed E-state index contributed by atoms with van der Waals surface area (Å²) in [5.74, 6) is -1.82. The van der Waals surface area contributed by atoms with Gasteiger partial charge >= 0.3 is 5.97 Å². The van der Waals surface area contributed by atoms with E-state index in [2.05, 4.69) is 10.3 Å². The highest BCUT2D eigenvalue weighted by Crippen LogP contribution is 2.18. The van der Waals surface area contributed by atoms with Crippen molar-refractivity contribution in [3.8, 4) is 0 Å². The molecule has 8 heteroatoms. The molecule has 2 aromatic heterocycles. The van der Waals surface area contributed by atoms with E-state index in [0.717, 1.165) is 16.3 Å². The predicted octanol–water partition coefficient (Wildman–Crippen LogP) is 0.463. The van der Waals surface area contributed by atoms with Gasteiger partial charge in [0.25, 0.3) is 0 Å². The van der Waals surface area contributed by atoms with Gasteiger partial charge in [-0.2, -0.15) is 0 Å². The Kier molecular flexibility index (Phi) is 3.64.